The van der Waals surface area contributed by atoms with Gasteiger partial charge in [0.15, 0.2) is 0 Å². The zero-order valence-corrected chi connectivity index (χ0v) is 12.9. The third-order valence-electron chi connectivity index (χ3n) is 3.39. The van der Waals surface area contributed by atoms with Gasteiger partial charge in [-0.3, -0.25) is 9.10 Å². The van der Waals surface area contributed by atoms with Crippen molar-refractivity contribution < 1.29 is 17.9 Å². The van der Waals surface area contributed by atoms with E-state index in [9.17, 15) is 13.2 Å². The van der Waals surface area contributed by atoms with Crippen molar-refractivity contribution in [2.45, 2.75) is 26.2 Å². The average molecular weight is 312 g/mol. The SMILES string of the molecule is CCOC(=O)CCS(=O)(=O)N1CCCc2ccc(N)cc21. The first kappa shape index (κ1) is 15.6. The smallest absolute Gasteiger partial charge is 0.306 e. The number of hydrogen-bond acceptors (Lipinski definition) is 5. The monoisotopic (exact) mass is 312 g/mol. The Labute approximate surface area is 124 Å². The van der Waals surface area contributed by atoms with Gasteiger partial charge in [-0.1, -0.05) is 6.07 Å². The second kappa shape index (κ2) is 6.34. The van der Waals surface area contributed by atoms with E-state index >= 15 is 0 Å². The predicted octanol–water partition coefficient (Wildman–Crippen LogP) is 1.30. The molecule has 0 bridgehead atoms. The van der Waals surface area contributed by atoms with E-state index < -0.39 is 16.0 Å². The van der Waals surface area contributed by atoms with Crippen LogP contribution in [0.25, 0.3) is 0 Å². The molecular formula is C14H20N2O4S. The van der Waals surface area contributed by atoms with Gasteiger partial charge in [0.05, 0.1) is 24.5 Å². The van der Waals surface area contributed by atoms with Crippen molar-refractivity contribution in [1.29, 1.82) is 0 Å². The summed E-state index contributed by atoms with van der Waals surface area (Å²) in [6.07, 6.45) is 1.46. The third-order valence-corrected chi connectivity index (χ3v) is 5.16. The van der Waals surface area contributed by atoms with Gasteiger partial charge in [-0.25, -0.2) is 8.42 Å². The number of nitrogen functional groups attached to an aromatic ring is 1. The number of aryl methyl sites for hydroxylation is 1. The van der Waals surface area contributed by atoms with Crippen molar-refractivity contribution in [3.63, 3.8) is 0 Å². The molecular weight excluding hydrogens is 292 g/mol. The highest BCUT2D eigenvalue weighted by Gasteiger charge is 2.28. The van der Waals surface area contributed by atoms with E-state index in [4.69, 9.17) is 10.5 Å². The molecule has 0 saturated carbocycles. The average Bonchev–Trinajstić information content (AvgIpc) is 2.45. The maximum atomic E-state index is 12.4. The van der Waals surface area contributed by atoms with Crippen LogP contribution in [-0.2, 0) is 26.0 Å². The fraction of sp³-hybridized carbons (Fsp3) is 0.500. The second-order valence-corrected chi connectivity index (χ2v) is 6.95. The number of anilines is 2. The van der Waals surface area contributed by atoms with Crippen LogP contribution in [0.3, 0.4) is 0 Å². The third kappa shape index (κ3) is 3.66. The van der Waals surface area contributed by atoms with E-state index in [0.717, 1.165) is 18.4 Å². The molecule has 116 valence electrons. The van der Waals surface area contributed by atoms with Crippen molar-refractivity contribution in [3.8, 4) is 0 Å². The van der Waals surface area contributed by atoms with E-state index in [-0.39, 0.29) is 18.8 Å². The molecule has 0 fully saturated rings. The topological polar surface area (TPSA) is 89.7 Å². The zero-order valence-electron chi connectivity index (χ0n) is 12.0. The molecule has 2 rings (SSSR count). The number of nitrogens with zero attached hydrogens (tertiary/aromatic N) is 1. The molecule has 0 saturated heterocycles. The summed E-state index contributed by atoms with van der Waals surface area (Å²) >= 11 is 0. The Hall–Kier alpha value is -1.76. The van der Waals surface area contributed by atoms with Crippen LogP contribution in [0.2, 0.25) is 0 Å². The van der Waals surface area contributed by atoms with Gasteiger partial charge in [-0.15, -0.1) is 0 Å². The van der Waals surface area contributed by atoms with E-state index in [0.29, 0.717) is 17.9 Å². The normalized spacial score (nSPS) is 14.6. The van der Waals surface area contributed by atoms with Crippen LogP contribution in [0.5, 0.6) is 0 Å². The van der Waals surface area contributed by atoms with Gasteiger partial charge < -0.3 is 10.5 Å². The predicted molar refractivity (Wildman–Crippen MR) is 81.6 cm³/mol. The van der Waals surface area contributed by atoms with Crippen LogP contribution in [-0.4, -0.2) is 33.3 Å². The minimum Gasteiger partial charge on any atom is -0.466 e. The fourth-order valence-electron chi connectivity index (χ4n) is 2.40. The lowest BCUT2D eigenvalue weighted by atomic mass is 10.0. The quantitative estimate of drug-likeness (QED) is 0.654. The molecule has 1 aromatic rings. The van der Waals surface area contributed by atoms with Crippen LogP contribution in [0.1, 0.15) is 25.3 Å². The van der Waals surface area contributed by atoms with Gasteiger partial charge in [0.1, 0.15) is 0 Å². The number of carbonyl (C=O) groups excluding carboxylic acids is 1. The molecule has 21 heavy (non-hydrogen) atoms. The first-order chi connectivity index (χ1) is 9.94. The summed E-state index contributed by atoms with van der Waals surface area (Å²) in [5.74, 6) is -0.744. The Bertz CT molecular complexity index is 628. The van der Waals surface area contributed by atoms with Crippen LogP contribution in [0, 0.1) is 0 Å². The van der Waals surface area contributed by atoms with Gasteiger partial charge in [-0.05, 0) is 37.5 Å². The van der Waals surface area contributed by atoms with Gasteiger partial charge >= 0.3 is 5.97 Å². The minimum absolute atomic E-state index is 0.135. The lowest BCUT2D eigenvalue weighted by Gasteiger charge is -2.30. The Kier molecular flexibility index (Phi) is 4.72. The number of sulfonamides is 1. The van der Waals surface area contributed by atoms with E-state index in [1.807, 2.05) is 6.07 Å². The first-order valence-electron chi connectivity index (χ1n) is 6.98. The second-order valence-electron chi connectivity index (χ2n) is 4.93. The number of hydrogen-bond donors (Lipinski definition) is 1. The molecule has 1 aromatic carbocycles. The Morgan fingerprint density at radius 2 is 2.19 bits per heavy atom. The van der Waals surface area contributed by atoms with Gasteiger partial charge in [-0.2, -0.15) is 0 Å². The van der Waals surface area contributed by atoms with Crippen LogP contribution < -0.4 is 10.0 Å². The van der Waals surface area contributed by atoms with Crippen LogP contribution in [0.4, 0.5) is 11.4 Å². The number of fused-ring (bicyclic) bond motifs is 1. The molecule has 0 aliphatic carbocycles. The maximum absolute atomic E-state index is 12.4. The molecule has 0 aromatic heterocycles. The number of carbonyl (C=O) groups is 1. The number of benzene rings is 1. The molecule has 1 aliphatic rings. The van der Waals surface area contributed by atoms with Gasteiger partial charge in [0.25, 0.3) is 0 Å². The zero-order chi connectivity index (χ0) is 15.5. The van der Waals surface area contributed by atoms with Crippen molar-refractivity contribution in [2.24, 2.45) is 0 Å². The molecule has 6 nitrogen and oxygen atoms in total. The molecule has 0 spiro atoms. The molecule has 0 radical (unpaired) electrons. The highest BCUT2D eigenvalue weighted by atomic mass is 32.2. The van der Waals surface area contributed by atoms with E-state index in [1.165, 1.54) is 4.31 Å². The summed E-state index contributed by atoms with van der Waals surface area (Å²) in [6.45, 7) is 2.36. The number of nitrogens with two attached hydrogens (primary N) is 1. The van der Waals surface area contributed by atoms with Crippen molar-refractivity contribution in [2.75, 3.05) is 28.9 Å². The summed E-state index contributed by atoms with van der Waals surface area (Å²) < 4.78 is 31.0. The maximum Gasteiger partial charge on any atom is 0.306 e. The first-order valence-corrected chi connectivity index (χ1v) is 8.59. The molecule has 2 N–H and O–H groups in total. The highest BCUT2D eigenvalue weighted by Crippen LogP contribution is 2.31. The lowest BCUT2D eigenvalue weighted by Crippen LogP contribution is -2.37. The summed E-state index contributed by atoms with van der Waals surface area (Å²) in [4.78, 5) is 11.3. The van der Waals surface area contributed by atoms with Gasteiger partial charge in [0.2, 0.25) is 10.0 Å². The molecule has 1 aliphatic heterocycles. The summed E-state index contributed by atoms with van der Waals surface area (Å²) in [5, 5.41) is 0. The molecule has 0 amide bonds. The van der Waals surface area contributed by atoms with E-state index in [2.05, 4.69) is 0 Å². The molecule has 7 heteroatoms. The van der Waals surface area contributed by atoms with E-state index in [1.54, 1.807) is 19.1 Å². The largest absolute Gasteiger partial charge is 0.466 e. The van der Waals surface area contributed by atoms with Crippen molar-refractivity contribution in [3.05, 3.63) is 23.8 Å². The molecule has 1 heterocycles. The standard InChI is InChI=1S/C14H20N2O4S/c1-2-20-14(17)7-9-21(18,19)16-8-3-4-11-5-6-12(15)10-13(11)16/h5-6,10H,2-4,7-9,15H2,1H3. The molecule has 0 unspecified atom stereocenters. The summed E-state index contributed by atoms with van der Waals surface area (Å²) in [7, 11) is -3.55. The van der Waals surface area contributed by atoms with Crippen LogP contribution >= 0.6 is 0 Å². The van der Waals surface area contributed by atoms with Crippen molar-refractivity contribution in [1.82, 2.24) is 0 Å². The number of ether oxygens (including phenoxy) is 1. The minimum atomic E-state index is -3.55. The highest BCUT2D eigenvalue weighted by molar-refractivity contribution is 7.92. The lowest BCUT2D eigenvalue weighted by molar-refractivity contribution is -0.142. The number of rotatable bonds is 5. The summed E-state index contributed by atoms with van der Waals surface area (Å²) in [6, 6.07) is 5.31. The van der Waals surface area contributed by atoms with Crippen molar-refractivity contribution >= 4 is 27.4 Å². The summed E-state index contributed by atoms with van der Waals surface area (Å²) in [5.41, 5.74) is 7.88. The van der Waals surface area contributed by atoms with Gasteiger partial charge in [0, 0.05) is 12.2 Å². The Morgan fingerprint density at radius 1 is 1.43 bits per heavy atom. The fourth-order valence-corrected chi connectivity index (χ4v) is 3.92. The molecule has 0 atom stereocenters. The number of esters is 1. The Morgan fingerprint density at radius 3 is 2.90 bits per heavy atom. The Balaban J connectivity index is 2.18. The van der Waals surface area contributed by atoms with Crippen LogP contribution in [0.15, 0.2) is 18.2 Å².